The minimum atomic E-state index is -0.944. The number of aliphatic hydroxyl groups is 1. The maximum atomic E-state index is 10.9. The first-order valence-corrected chi connectivity index (χ1v) is 4.00. The number of carbonyl (C=O) groups is 1. The first-order chi connectivity index (χ1) is 6.14. The van der Waals surface area contributed by atoms with Gasteiger partial charge in [-0.3, -0.25) is 0 Å². The number of cyclic esters (lactones) is 1. The fraction of sp³-hybridized carbons (Fsp3) is 0.300. The predicted octanol–water partition coefficient (Wildman–Crippen LogP) is 1.88. The molecule has 0 amide bonds. The molecule has 0 fully saturated rings. The lowest BCUT2D eigenvalue weighted by Gasteiger charge is -2.25. The van der Waals surface area contributed by atoms with E-state index in [-0.39, 0.29) is 5.76 Å². The zero-order chi connectivity index (χ0) is 9.90. The maximum absolute atomic E-state index is 10.9. The Labute approximate surface area is 77.0 Å². The van der Waals surface area contributed by atoms with Crippen molar-refractivity contribution in [3.8, 4) is 0 Å². The van der Waals surface area contributed by atoms with Gasteiger partial charge < -0.3 is 9.84 Å². The van der Waals surface area contributed by atoms with Crippen LogP contribution in [0.15, 0.2) is 37.1 Å². The number of hydrogen-bond donors (Lipinski definition) is 1. The maximum Gasteiger partial charge on any atom is 0.335 e. The SMILES string of the molecule is C=CCC1(CC=C)OC(=O)C=C1O. The molecular weight excluding hydrogens is 168 g/mol. The molecule has 13 heavy (non-hydrogen) atoms. The van der Waals surface area contributed by atoms with Crippen LogP contribution in [0.3, 0.4) is 0 Å². The monoisotopic (exact) mass is 180 g/mol. The van der Waals surface area contributed by atoms with Crippen molar-refractivity contribution in [2.75, 3.05) is 0 Å². The summed E-state index contributed by atoms with van der Waals surface area (Å²) in [5.41, 5.74) is -0.944. The molecule has 1 aliphatic rings. The molecule has 0 aromatic carbocycles. The summed E-state index contributed by atoms with van der Waals surface area (Å²) in [6.45, 7) is 7.09. The molecule has 0 saturated carbocycles. The highest BCUT2D eigenvalue weighted by Crippen LogP contribution is 2.33. The molecule has 1 rings (SSSR count). The molecular formula is C10H12O3. The third-order valence-electron chi connectivity index (χ3n) is 1.97. The third kappa shape index (κ3) is 1.64. The van der Waals surface area contributed by atoms with E-state index in [1.54, 1.807) is 12.2 Å². The molecule has 0 atom stereocenters. The van der Waals surface area contributed by atoms with E-state index in [2.05, 4.69) is 13.2 Å². The van der Waals surface area contributed by atoms with Gasteiger partial charge in [-0.05, 0) is 0 Å². The number of hydrogen-bond acceptors (Lipinski definition) is 3. The molecule has 0 spiro atoms. The first kappa shape index (κ1) is 9.58. The Morgan fingerprint density at radius 1 is 1.46 bits per heavy atom. The fourth-order valence-electron chi connectivity index (χ4n) is 1.36. The van der Waals surface area contributed by atoms with Gasteiger partial charge in [0.1, 0.15) is 5.76 Å². The van der Waals surface area contributed by atoms with Crippen molar-refractivity contribution in [3.05, 3.63) is 37.1 Å². The van der Waals surface area contributed by atoms with Crippen LogP contribution >= 0.6 is 0 Å². The Morgan fingerprint density at radius 3 is 2.31 bits per heavy atom. The molecule has 0 unspecified atom stereocenters. The van der Waals surface area contributed by atoms with Crippen LogP contribution in [0.1, 0.15) is 12.8 Å². The quantitative estimate of drug-likeness (QED) is 0.530. The van der Waals surface area contributed by atoms with E-state index in [0.717, 1.165) is 6.08 Å². The topological polar surface area (TPSA) is 46.5 Å². The van der Waals surface area contributed by atoms with Crippen LogP contribution < -0.4 is 0 Å². The zero-order valence-corrected chi connectivity index (χ0v) is 7.32. The number of rotatable bonds is 4. The molecule has 1 N–H and O–H groups in total. The molecule has 0 radical (unpaired) electrons. The third-order valence-corrected chi connectivity index (χ3v) is 1.97. The molecule has 3 nitrogen and oxygen atoms in total. The molecule has 0 saturated heterocycles. The average Bonchev–Trinajstić information content (AvgIpc) is 2.28. The normalized spacial score (nSPS) is 19.1. The Bertz CT molecular complexity index is 266. The Balaban J connectivity index is 2.91. The molecule has 0 aromatic rings. The second kappa shape index (κ2) is 3.47. The number of ether oxygens (including phenoxy) is 1. The molecule has 0 aromatic heterocycles. The van der Waals surface area contributed by atoms with Gasteiger partial charge in [0.15, 0.2) is 5.60 Å². The van der Waals surface area contributed by atoms with Gasteiger partial charge in [-0.15, -0.1) is 13.2 Å². The van der Waals surface area contributed by atoms with Crippen molar-refractivity contribution in [1.29, 1.82) is 0 Å². The van der Waals surface area contributed by atoms with E-state index in [1.807, 2.05) is 0 Å². The lowest BCUT2D eigenvalue weighted by atomic mass is 9.94. The molecule has 0 bridgehead atoms. The van der Waals surface area contributed by atoms with Gasteiger partial charge in [-0.25, -0.2) is 4.79 Å². The Kier molecular flexibility index (Phi) is 2.56. The van der Waals surface area contributed by atoms with Crippen LogP contribution in [-0.4, -0.2) is 16.7 Å². The van der Waals surface area contributed by atoms with Crippen molar-refractivity contribution < 1.29 is 14.6 Å². The van der Waals surface area contributed by atoms with Gasteiger partial charge >= 0.3 is 5.97 Å². The summed E-state index contributed by atoms with van der Waals surface area (Å²) in [6, 6.07) is 0. The van der Waals surface area contributed by atoms with Crippen molar-refractivity contribution in [3.63, 3.8) is 0 Å². The second-order valence-corrected chi connectivity index (χ2v) is 2.93. The Morgan fingerprint density at radius 2 is 2.00 bits per heavy atom. The predicted molar refractivity (Wildman–Crippen MR) is 49.2 cm³/mol. The average molecular weight is 180 g/mol. The lowest BCUT2D eigenvalue weighted by Crippen LogP contribution is -2.30. The van der Waals surface area contributed by atoms with Gasteiger partial charge in [0.05, 0.1) is 6.08 Å². The summed E-state index contributed by atoms with van der Waals surface area (Å²) < 4.78 is 5.02. The highest BCUT2D eigenvalue weighted by Gasteiger charge is 2.41. The van der Waals surface area contributed by atoms with Crippen LogP contribution in [0, 0.1) is 0 Å². The smallest absolute Gasteiger partial charge is 0.335 e. The van der Waals surface area contributed by atoms with E-state index >= 15 is 0 Å². The fourth-order valence-corrected chi connectivity index (χ4v) is 1.36. The van der Waals surface area contributed by atoms with Crippen LogP contribution in [0.4, 0.5) is 0 Å². The number of carbonyl (C=O) groups excluding carboxylic acids is 1. The van der Waals surface area contributed by atoms with E-state index in [0.29, 0.717) is 12.8 Å². The highest BCUT2D eigenvalue weighted by molar-refractivity contribution is 5.86. The standard InChI is InChI=1S/C10H12O3/c1-3-5-10(6-4-2)8(11)7-9(12)13-10/h3-4,7,11H,1-2,5-6H2. The van der Waals surface area contributed by atoms with Crippen LogP contribution in [0.2, 0.25) is 0 Å². The summed E-state index contributed by atoms with van der Waals surface area (Å²) in [6.07, 6.45) is 5.09. The van der Waals surface area contributed by atoms with Crippen LogP contribution in [-0.2, 0) is 9.53 Å². The van der Waals surface area contributed by atoms with Crippen LogP contribution in [0.25, 0.3) is 0 Å². The highest BCUT2D eigenvalue weighted by atomic mass is 16.6. The largest absolute Gasteiger partial charge is 0.508 e. The van der Waals surface area contributed by atoms with Crippen molar-refractivity contribution in [2.45, 2.75) is 18.4 Å². The first-order valence-electron chi connectivity index (χ1n) is 4.00. The second-order valence-electron chi connectivity index (χ2n) is 2.93. The molecule has 1 aliphatic heterocycles. The number of aliphatic hydroxyl groups excluding tert-OH is 1. The van der Waals surface area contributed by atoms with E-state index < -0.39 is 11.6 Å². The van der Waals surface area contributed by atoms with Gasteiger partial charge in [-0.2, -0.15) is 0 Å². The minimum absolute atomic E-state index is 0.0442. The number of esters is 1. The van der Waals surface area contributed by atoms with Crippen molar-refractivity contribution in [1.82, 2.24) is 0 Å². The van der Waals surface area contributed by atoms with Gasteiger partial charge in [0, 0.05) is 12.8 Å². The molecule has 0 aliphatic carbocycles. The van der Waals surface area contributed by atoms with Crippen molar-refractivity contribution in [2.24, 2.45) is 0 Å². The van der Waals surface area contributed by atoms with E-state index in [4.69, 9.17) is 4.74 Å². The van der Waals surface area contributed by atoms with Crippen LogP contribution in [0.5, 0.6) is 0 Å². The minimum Gasteiger partial charge on any atom is -0.508 e. The lowest BCUT2D eigenvalue weighted by molar-refractivity contribution is -0.147. The molecule has 70 valence electrons. The molecule has 1 heterocycles. The summed E-state index contributed by atoms with van der Waals surface area (Å²) in [5.74, 6) is -0.557. The van der Waals surface area contributed by atoms with Crippen molar-refractivity contribution >= 4 is 5.97 Å². The summed E-state index contributed by atoms with van der Waals surface area (Å²) in [7, 11) is 0. The molecule has 3 heteroatoms. The summed E-state index contributed by atoms with van der Waals surface area (Å²) in [5, 5.41) is 9.49. The summed E-state index contributed by atoms with van der Waals surface area (Å²) in [4.78, 5) is 10.9. The zero-order valence-electron chi connectivity index (χ0n) is 7.32. The van der Waals surface area contributed by atoms with E-state index in [9.17, 15) is 9.90 Å². The van der Waals surface area contributed by atoms with Gasteiger partial charge in [0.2, 0.25) is 0 Å². The van der Waals surface area contributed by atoms with E-state index in [1.165, 1.54) is 0 Å². The Hall–Kier alpha value is -1.51. The van der Waals surface area contributed by atoms with Gasteiger partial charge in [0.25, 0.3) is 0 Å². The summed E-state index contributed by atoms with van der Waals surface area (Å²) >= 11 is 0. The van der Waals surface area contributed by atoms with Gasteiger partial charge in [-0.1, -0.05) is 12.2 Å².